The lowest BCUT2D eigenvalue weighted by molar-refractivity contribution is 0.172. The lowest BCUT2D eigenvalue weighted by Crippen LogP contribution is -2.33. The van der Waals surface area contributed by atoms with Gasteiger partial charge in [-0.3, -0.25) is 4.90 Å². The highest BCUT2D eigenvalue weighted by atomic mass is 16.5. The summed E-state index contributed by atoms with van der Waals surface area (Å²) in [7, 11) is 0. The molecule has 162 valence electrons. The van der Waals surface area contributed by atoms with Gasteiger partial charge in [-0.05, 0) is 74.9 Å². The van der Waals surface area contributed by atoms with Gasteiger partial charge in [-0.25, -0.2) is 0 Å². The molecule has 0 aliphatic carbocycles. The Morgan fingerprint density at radius 3 is 2.81 bits per heavy atom. The maximum absolute atomic E-state index is 9.30. The summed E-state index contributed by atoms with van der Waals surface area (Å²) in [6.45, 7) is 5.69. The first-order valence-corrected chi connectivity index (χ1v) is 11.2. The van der Waals surface area contributed by atoms with Crippen LogP contribution >= 0.6 is 0 Å². The van der Waals surface area contributed by atoms with E-state index in [9.17, 15) is 5.26 Å². The van der Waals surface area contributed by atoms with Gasteiger partial charge in [-0.15, -0.1) is 0 Å². The zero-order valence-electron chi connectivity index (χ0n) is 18.1. The Bertz CT molecular complexity index is 1060. The van der Waals surface area contributed by atoms with Gasteiger partial charge in [0.25, 0.3) is 0 Å². The van der Waals surface area contributed by atoms with Crippen LogP contribution in [0.1, 0.15) is 49.4 Å². The average Bonchev–Trinajstić information content (AvgIpc) is 3.22. The van der Waals surface area contributed by atoms with E-state index in [1.807, 2.05) is 30.3 Å². The summed E-state index contributed by atoms with van der Waals surface area (Å²) in [6, 6.07) is 14.1. The quantitative estimate of drug-likeness (QED) is 0.523. The zero-order valence-corrected chi connectivity index (χ0v) is 18.1. The molecule has 2 heterocycles. The van der Waals surface area contributed by atoms with Crippen molar-refractivity contribution in [2.45, 2.75) is 45.6 Å². The molecule has 0 unspecified atom stereocenters. The van der Waals surface area contributed by atoms with E-state index in [-0.39, 0.29) is 0 Å². The van der Waals surface area contributed by atoms with Gasteiger partial charge < -0.3 is 15.0 Å². The molecule has 2 aromatic carbocycles. The van der Waals surface area contributed by atoms with Crippen LogP contribution in [0, 0.1) is 17.2 Å². The average molecular weight is 419 g/mol. The van der Waals surface area contributed by atoms with Crippen molar-refractivity contribution in [3.05, 3.63) is 53.2 Å². The van der Waals surface area contributed by atoms with E-state index >= 15 is 0 Å². The van der Waals surface area contributed by atoms with Crippen molar-refractivity contribution in [3.63, 3.8) is 0 Å². The molecule has 3 aromatic rings. The molecule has 1 aromatic heterocycles. The maximum atomic E-state index is 9.30. The van der Waals surface area contributed by atoms with Crippen LogP contribution in [0.5, 0.6) is 5.75 Å². The second-order valence-corrected chi connectivity index (χ2v) is 8.36. The number of hydrogen-bond acceptors (Lipinski definition) is 6. The normalized spacial score (nSPS) is 15.2. The molecule has 6 heteroatoms. The number of aryl methyl sites for hydroxylation is 1. The molecule has 0 bridgehead atoms. The summed E-state index contributed by atoms with van der Waals surface area (Å²) in [5, 5.41) is 14.6. The van der Waals surface area contributed by atoms with Gasteiger partial charge in [0.15, 0.2) is 5.58 Å². The van der Waals surface area contributed by atoms with Crippen molar-refractivity contribution in [3.8, 4) is 11.8 Å². The van der Waals surface area contributed by atoms with E-state index in [1.54, 1.807) is 0 Å². The first kappa shape index (κ1) is 21.2. The van der Waals surface area contributed by atoms with Crippen molar-refractivity contribution < 1.29 is 9.26 Å². The van der Waals surface area contributed by atoms with Gasteiger partial charge >= 0.3 is 0 Å². The minimum absolute atomic E-state index is 0.538. The van der Waals surface area contributed by atoms with Gasteiger partial charge in [0.05, 0.1) is 23.9 Å². The minimum atomic E-state index is 0.538. The number of aromatic nitrogens is 1. The molecular formula is C25H30N4O2. The number of benzene rings is 2. The highest BCUT2D eigenvalue weighted by Gasteiger charge is 2.21. The number of nitrogen functional groups attached to an aromatic ring is 1. The molecule has 1 saturated heterocycles. The number of nitrogens with two attached hydrogens (primary N) is 1. The minimum Gasteiger partial charge on any atom is -0.491 e. The highest BCUT2D eigenvalue weighted by Crippen LogP contribution is 2.33. The molecule has 31 heavy (non-hydrogen) atoms. The van der Waals surface area contributed by atoms with E-state index < -0.39 is 0 Å². The van der Waals surface area contributed by atoms with E-state index in [4.69, 9.17) is 15.0 Å². The van der Waals surface area contributed by atoms with Crippen molar-refractivity contribution in [1.29, 1.82) is 5.26 Å². The summed E-state index contributed by atoms with van der Waals surface area (Å²) < 4.78 is 11.2. The van der Waals surface area contributed by atoms with Crippen molar-refractivity contribution in [2.75, 3.05) is 25.4 Å². The molecule has 4 rings (SSSR count). The third-order valence-corrected chi connectivity index (χ3v) is 6.20. The van der Waals surface area contributed by atoms with Gasteiger partial charge in [0.1, 0.15) is 11.4 Å². The van der Waals surface area contributed by atoms with Gasteiger partial charge in [-0.2, -0.15) is 5.26 Å². The van der Waals surface area contributed by atoms with E-state index in [0.717, 1.165) is 61.1 Å². The lowest BCUT2D eigenvalue weighted by atomic mass is 9.91. The number of nitrogens with zero attached hydrogens (tertiary/aromatic N) is 3. The van der Waals surface area contributed by atoms with Crippen LogP contribution in [-0.2, 0) is 13.0 Å². The molecular weight excluding hydrogens is 388 g/mol. The number of anilines is 1. The third kappa shape index (κ3) is 4.83. The molecule has 0 saturated carbocycles. The number of likely N-dealkylation sites (tertiary alicyclic amines) is 1. The first-order chi connectivity index (χ1) is 15.2. The van der Waals surface area contributed by atoms with Crippen LogP contribution in [0.3, 0.4) is 0 Å². The fourth-order valence-electron chi connectivity index (χ4n) is 4.36. The topological polar surface area (TPSA) is 88.3 Å². The Morgan fingerprint density at radius 2 is 2.03 bits per heavy atom. The Kier molecular flexibility index (Phi) is 6.73. The van der Waals surface area contributed by atoms with Crippen molar-refractivity contribution in [1.82, 2.24) is 10.1 Å². The van der Waals surface area contributed by atoms with Crippen LogP contribution in [-0.4, -0.2) is 29.8 Å². The second kappa shape index (κ2) is 9.84. The maximum Gasteiger partial charge on any atom is 0.193 e. The van der Waals surface area contributed by atoms with Gasteiger partial charge in [0, 0.05) is 11.9 Å². The lowest BCUT2D eigenvalue weighted by Gasteiger charge is -2.32. The Labute approximate surface area is 183 Å². The Morgan fingerprint density at radius 1 is 1.23 bits per heavy atom. The van der Waals surface area contributed by atoms with Crippen LogP contribution in [0.25, 0.3) is 11.0 Å². The van der Waals surface area contributed by atoms with E-state index in [1.165, 1.54) is 12.8 Å². The number of rotatable bonds is 8. The summed E-state index contributed by atoms with van der Waals surface area (Å²) in [5.41, 5.74) is 10.3. The van der Waals surface area contributed by atoms with Crippen LogP contribution < -0.4 is 10.5 Å². The number of hydrogen-bond donors (Lipinski definition) is 1. The summed E-state index contributed by atoms with van der Waals surface area (Å²) in [5.74, 6) is 1.35. The monoisotopic (exact) mass is 418 g/mol. The van der Waals surface area contributed by atoms with Crippen molar-refractivity contribution >= 4 is 16.7 Å². The molecule has 6 nitrogen and oxygen atoms in total. The predicted octanol–water partition coefficient (Wildman–Crippen LogP) is 4.92. The molecule has 1 aliphatic heterocycles. The summed E-state index contributed by atoms with van der Waals surface area (Å²) in [6.07, 6.45) is 5.26. The van der Waals surface area contributed by atoms with Gasteiger partial charge in [-0.1, -0.05) is 30.3 Å². The molecule has 0 amide bonds. The van der Waals surface area contributed by atoms with E-state index in [0.29, 0.717) is 29.5 Å². The van der Waals surface area contributed by atoms with Crippen LogP contribution in [0.2, 0.25) is 0 Å². The first-order valence-electron chi connectivity index (χ1n) is 11.2. The predicted molar refractivity (Wildman–Crippen MR) is 122 cm³/mol. The van der Waals surface area contributed by atoms with Crippen molar-refractivity contribution in [2.24, 2.45) is 5.92 Å². The largest absolute Gasteiger partial charge is 0.491 e. The summed E-state index contributed by atoms with van der Waals surface area (Å²) >= 11 is 0. The van der Waals surface area contributed by atoms with Gasteiger partial charge in [0.2, 0.25) is 0 Å². The molecule has 0 radical (unpaired) electrons. The smallest absolute Gasteiger partial charge is 0.193 e. The number of piperidine rings is 1. The Balaban J connectivity index is 1.31. The van der Waals surface area contributed by atoms with Crippen LogP contribution in [0.4, 0.5) is 5.69 Å². The fourth-order valence-corrected chi connectivity index (χ4v) is 4.36. The third-order valence-electron chi connectivity index (χ3n) is 6.20. The zero-order chi connectivity index (χ0) is 21.6. The van der Waals surface area contributed by atoms with Crippen LogP contribution in [0.15, 0.2) is 40.9 Å². The second-order valence-electron chi connectivity index (χ2n) is 8.36. The number of ether oxygens (including phenoxy) is 1. The molecule has 1 aliphatic rings. The number of nitriles is 1. The highest BCUT2D eigenvalue weighted by molar-refractivity contribution is 5.92. The molecule has 2 N–H and O–H groups in total. The SMILES string of the molecule is CCCOc1ccc2c(CCC3CCN(Cc4ccccc4C#N)CC3)noc2c1N. The summed E-state index contributed by atoms with van der Waals surface area (Å²) in [4.78, 5) is 2.46. The molecule has 0 atom stereocenters. The fraction of sp³-hybridized carbons (Fsp3) is 0.440. The molecule has 0 spiro atoms. The molecule has 1 fully saturated rings. The Hall–Kier alpha value is -3.04. The number of fused-ring (bicyclic) bond motifs is 1. The van der Waals surface area contributed by atoms with E-state index in [2.05, 4.69) is 29.1 Å². The standard InChI is InChI=1S/C25H30N4O2/c1-2-15-30-23-10-8-21-22(28-31-25(21)24(23)27)9-7-18-11-13-29(14-12-18)17-20-6-4-3-5-19(20)16-26/h3-6,8,10,18H,2,7,9,11-15,17,27H2,1H3.